The highest BCUT2D eigenvalue weighted by Gasteiger charge is 2.13. The quantitative estimate of drug-likeness (QED) is 0.638. The van der Waals surface area contributed by atoms with Crippen molar-refractivity contribution in [3.63, 3.8) is 0 Å². The Balaban J connectivity index is 2.46. The lowest BCUT2D eigenvalue weighted by Crippen LogP contribution is -2.10. The van der Waals surface area contributed by atoms with E-state index in [0.717, 1.165) is 22.3 Å². The van der Waals surface area contributed by atoms with E-state index in [1.807, 2.05) is 43.3 Å². The third kappa shape index (κ3) is 3.46. The Bertz CT molecular complexity index is 606. The highest BCUT2D eigenvalue weighted by Crippen LogP contribution is 2.25. The van der Waals surface area contributed by atoms with Gasteiger partial charge in [0.1, 0.15) is 6.10 Å². The Hall–Kier alpha value is -2.12. The van der Waals surface area contributed by atoms with Crippen LogP contribution in [-0.4, -0.2) is 11.2 Å². The van der Waals surface area contributed by atoms with E-state index in [1.165, 1.54) is 5.56 Å². The maximum Gasteiger partial charge on any atom is 0.100 e. The molecule has 1 N–H and O–H groups in total. The lowest BCUT2D eigenvalue weighted by atomic mass is 9.94. The van der Waals surface area contributed by atoms with Crippen LogP contribution in [0, 0.1) is 6.92 Å². The van der Waals surface area contributed by atoms with Gasteiger partial charge in [0, 0.05) is 0 Å². The molecule has 2 aromatic rings. The summed E-state index contributed by atoms with van der Waals surface area (Å²) in [7, 11) is 0. The summed E-state index contributed by atoms with van der Waals surface area (Å²) in [5.41, 5.74) is 4.94. The van der Waals surface area contributed by atoms with Crippen molar-refractivity contribution in [2.75, 3.05) is 0 Å². The molecule has 0 saturated heterocycles. The molecular weight excluding hydrogens is 244 g/mol. The first-order valence-corrected chi connectivity index (χ1v) is 6.75. The van der Waals surface area contributed by atoms with E-state index in [0.29, 0.717) is 0 Å². The first kappa shape index (κ1) is 14.3. The molecule has 0 saturated carbocycles. The van der Waals surface area contributed by atoms with Crippen LogP contribution in [0.1, 0.15) is 23.6 Å². The van der Waals surface area contributed by atoms with E-state index in [1.54, 1.807) is 0 Å². The molecule has 0 fully saturated rings. The van der Waals surface area contributed by atoms with E-state index in [9.17, 15) is 5.11 Å². The van der Waals surface area contributed by atoms with Crippen molar-refractivity contribution in [3.8, 4) is 0 Å². The molecule has 1 heteroatoms. The highest BCUT2D eigenvalue weighted by molar-refractivity contribution is 5.85. The zero-order chi connectivity index (χ0) is 14.5. The van der Waals surface area contributed by atoms with Gasteiger partial charge in [-0.1, -0.05) is 66.7 Å². The smallest absolute Gasteiger partial charge is 0.100 e. The molecule has 2 aromatic carbocycles. The van der Waals surface area contributed by atoms with Crippen LogP contribution in [0.3, 0.4) is 0 Å². The summed E-state index contributed by atoms with van der Waals surface area (Å²) < 4.78 is 0. The Morgan fingerprint density at radius 3 is 2.20 bits per heavy atom. The molecule has 2 rings (SSSR count). The van der Waals surface area contributed by atoms with E-state index in [2.05, 4.69) is 37.8 Å². The second-order valence-corrected chi connectivity index (χ2v) is 5.13. The maximum atomic E-state index is 10.4. The number of aryl methyl sites for hydroxylation is 1. The number of hydrogen-bond acceptors (Lipinski definition) is 1. The van der Waals surface area contributed by atoms with Crippen LogP contribution >= 0.6 is 0 Å². The molecule has 0 aliphatic carbocycles. The van der Waals surface area contributed by atoms with Crippen molar-refractivity contribution in [3.05, 3.63) is 83.4 Å². The maximum absolute atomic E-state index is 10.4. The van der Waals surface area contributed by atoms with Crippen molar-refractivity contribution >= 4 is 11.6 Å². The number of aliphatic hydroxyl groups is 1. The molecule has 0 amide bonds. The van der Waals surface area contributed by atoms with E-state index < -0.39 is 6.10 Å². The van der Waals surface area contributed by atoms with Gasteiger partial charge < -0.3 is 5.11 Å². The largest absolute Gasteiger partial charge is 0.384 e. The molecule has 1 nitrogen and oxygen atoms in total. The van der Waals surface area contributed by atoms with Gasteiger partial charge in [0.15, 0.2) is 0 Å². The van der Waals surface area contributed by atoms with Gasteiger partial charge in [-0.25, -0.2) is 0 Å². The Labute approximate surface area is 120 Å². The van der Waals surface area contributed by atoms with Crippen molar-refractivity contribution < 1.29 is 5.11 Å². The van der Waals surface area contributed by atoms with Crippen molar-refractivity contribution in [1.29, 1.82) is 0 Å². The summed E-state index contributed by atoms with van der Waals surface area (Å²) in [4.78, 5) is 0. The van der Waals surface area contributed by atoms with Gasteiger partial charge in [-0.15, -0.1) is 0 Å². The molecule has 102 valence electrons. The lowest BCUT2D eigenvalue weighted by molar-refractivity contribution is 0.269. The van der Waals surface area contributed by atoms with E-state index in [4.69, 9.17) is 0 Å². The van der Waals surface area contributed by atoms with Crippen LogP contribution in [0.2, 0.25) is 0 Å². The molecule has 0 heterocycles. The molecule has 0 aromatic heterocycles. The second kappa shape index (κ2) is 6.36. The third-order valence-corrected chi connectivity index (χ3v) is 3.27. The van der Waals surface area contributed by atoms with Gasteiger partial charge in [-0.2, -0.15) is 0 Å². The topological polar surface area (TPSA) is 20.2 Å². The van der Waals surface area contributed by atoms with Crippen LogP contribution in [0.25, 0.3) is 11.6 Å². The molecule has 0 radical (unpaired) electrons. The minimum atomic E-state index is -0.654. The zero-order valence-electron chi connectivity index (χ0n) is 12.0. The van der Waals surface area contributed by atoms with Gasteiger partial charge in [-0.3, -0.25) is 0 Å². The fourth-order valence-electron chi connectivity index (χ4n) is 2.06. The van der Waals surface area contributed by atoms with Gasteiger partial charge in [0.2, 0.25) is 0 Å². The van der Waals surface area contributed by atoms with Crippen LogP contribution in [0.5, 0.6) is 0 Å². The number of benzene rings is 2. The molecular formula is C19H20O. The fraction of sp³-hybridized carbons (Fsp3) is 0.158. The summed E-state index contributed by atoms with van der Waals surface area (Å²) in [6.07, 6.45) is 1.37. The zero-order valence-corrected chi connectivity index (χ0v) is 12.0. The van der Waals surface area contributed by atoms with Crippen LogP contribution in [0.15, 0.2) is 66.7 Å². The van der Waals surface area contributed by atoms with Crippen LogP contribution in [-0.2, 0) is 0 Å². The molecule has 0 aliphatic heterocycles. The average molecular weight is 264 g/mol. The molecule has 0 bridgehead atoms. The van der Waals surface area contributed by atoms with Crippen molar-refractivity contribution in [2.45, 2.75) is 20.0 Å². The Kier molecular flexibility index (Phi) is 4.54. The molecule has 0 spiro atoms. The van der Waals surface area contributed by atoms with Gasteiger partial charge in [-0.05, 0) is 42.2 Å². The highest BCUT2D eigenvalue weighted by atomic mass is 16.3. The summed E-state index contributed by atoms with van der Waals surface area (Å²) in [5, 5.41) is 10.4. The number of rotatable bonds is 4. The van der Waals surface area contributed by atoms with Crippen molar-refractivity contribution in [2.24, 2.45) is 0 Å². The van der Waals surface area contributed by atoms with E-state index >= 15 is 0 Å². The summed E-state index contributed by atoms with van der Waals surface area (Å²) >= 11 is 0. The average Bonchev–Trinajstić information content (AvgIpc) is 2.47. The first-order chi connectivity index (χ1) is 9.58. The van der Waals surface area contributed by atoms with Crippen molar-refractivity contribution in [1.82, 2.24) is 0 Å². The minimum Gasteiger partial charge on any atom is -0.384 e. The first-order valence-electron chi connectivity index (χ1n) is 6.75. The Morgan fingerprint density at radius 2 is 1.65 bits per heavy atom. The van der Waals surface area contributed by atoms with Gasteiger partial charge >= 0.3 is 0 Å². The monoisotopic (exact) mass is 264 g/mol. The number of hydrogen-bond donors (Lipinski definition) is 1. The predicted molar refractivity (Wildman–Crippen MR) is 86.3 cm³/mol. The molecule has 1 unspecified atom stereocenters. The molecule has 1 atom stereocenters. The summed E-state index contributed by atoms with van der Waals surface area (Å²) in [6, 6.07) is 18.2. The summed E-state index contributed by atoms with van der Waals surface area (Å²) in [6.45, 7) is 7.77. The van der Waals surface area contributed by atoms with Crippen LogP contribution < -0.4 is 0 Å². The SMILES string of the molecule is C=C(C)C(O)/C(=C\c1ccc(C)cc1)c1ccccc1. The van der Waals surface area contributed by atoms with Gasteiger partial charge in [0.25, 0.3) is 0 Å². The molecule has 20 heavy (non-hydrogen) atoms. The second-order valence-electron chi connectivity index (χ2n) is 5.13. The lowest BCUT2D eigenvalue weighted by Gasteiger charge is -2.16. The van der Waals surface area contributed by atoms with Gasteiger partial charge in [0.05, 0.1) is 0 Å². The normalized spacial score (nSPS) is 13.1. The minimum absolute atomic E-state index is 0.654. The molecule has 0 aliphatic rings. The standard InChI is InChI=1S/C19H20O/c1-14(2)19(20)18(17-7-5-4-6-8-17)13-16-11-9-15(3)10-12-16/h4-13,19-20H,1H2,2-3H3/b18-13-. The third-order valence-electron chi connectivity index (χ3n) is 3.27. The predicted octanol–water partition coefficient (Wildman–Crippen LogP) is 4.47. The Morgan fingerprint density at radius 1 is 1.05 bits per heavy atom. The van der Waals surface area contributed by atoms with E-state index in [-0.39, 0.29) is 0 Å². The fourth-order valence-corrected chi connectivity index (χ4v) is 2.06. The summed E-state index contributed by atoms with van der Waals surface area (Å²) in [5.74, 6) is 0. The van der Waals surface area contributed by atoms with Crippen LogP contribution in [0.4, 0.5) is 0 Å². The number of aliphatic hydroxyl groups excluding tert-OH is 1.